The number of aryl methyl sites for hydroxylation is 1. The second-order valence-electron chi connectivity index (χ2n) is 7.46. The van der Waals surface area contributed by atoms with E-state index in [0.717, 1.165) is 31.2 Å². The molecule has 10 nitrogen and oxygen atoms in total. The molecule has 0 unspecified atom stereocenters. The smallest absolute Gasteiger partial charge is 0.329 e. The van der Waals surface area contributed by atoms with E-state index in [9.17, 15) is 19.2 Å². The van der Waals surface area contributed by atoms with Gasteiger partial charge >= 0.3 is 23.6 Å². The largest absolute Gasteiger partial charge is 0.458 e. The lowest BCUT2D eigenvalue weighted by molar-refractivity contribution is -0.139. The van der Waals surface area contributed by atoms with Crippen LogP contribution in [0.5, 0.6) is 0 Å². The minimum absolute atomic E-state index is 0.00978. The van der Waals surface area contributed by atoms with Crippen molar-refractivity contribution < 1.29 is 23.6 Å². The summed E-state index contributed by atoms with van der Waals surface area (Å²) in [7, 11) is 0. The highest BCUT2D eigenvalue weighted by Crippen LogP contribution is 2.17. The lowest BCUT2D eigenvalue weighted by atomic mass is 10.2. The van der Waals surface area contributed by atoms with Gasteiger partial charge in [0.15, 0.2) is 0 Å². The van der Waals surface area contributed by atoms with E-state index in [1.54, 1.807) is 24.3 Å². The van der Waals surface area contributed by atoms with Crippen LogP contribution in [0.15, 0.2) is 45.9 Å². The van der Waals surface area contributed by atoms with Crippen LogP contribution < -0.4 is 21.4 Å². The zero-order valence-electron chi connectivity index (χ0n) is 17.6. The van der Waals surface area contributed by atoms with Crippen LogP contribution in [-0.2, 0) is 25.7 Å². The fourth-order valence-corrected chi connectivity index (χ4v) is 3.16. The van der Waals surface area contributed by atoms with Crippen molar-refractivity contribution in [1.82, 2.24) is 16.1 Å². The molecule has 1 aliphatic rings. The highest BCUT2D eigenvalue weighted by atomic mass is 16.3. The Morgan fingerprint density at radius 3 is 2.41 bits per heavy atom. The number of anilines is 1. The molecule has 0 radical (unpaired) electrons. The van der Waals surface area contributed by atoms with Crippen molar-refractivity contribution in [3.05, 3.63) is 53.5 Å². The Bertz CT molecular complexity index is 1010. The summed E-state index contributed by atoms with van der Waals surface area (Å²) < 4.78 is 5.45. The van der Waals surface area contributed by atoms with Gasteiger partial charge in [0.2, 0.25) is 0 Å². The molecule has 1 saturated carbocycles. The third-order valence-electron chi connectivity index (χ3n) is 4.88. The standard InChI is InChI=1S/C22H25N5O5/c1-14-6-8-16(9-7-14)26-20(29)19(28)23-12-17-10-11-18(32-17)13-24-27-22(31)21(30)25-15-4-2-3-5-15/h6-11,13,15H,2-5,12H2,1H3,(H,23,28)(H,25,30)(H,26,29)(H,27,31)/b24-13+. The summed E-state index contributed by atoms with van der Waals surface area (Å²) in [5.41, 5.74) is 3.70. The number of benzene rings is 1. The number of carbonyl (C=O) groups excluding carboxylic acids is 4. The number of rotatable bonds is 6. The third-order valence-corrected chi connectivity index (χ3v) is 4.88. The van der Waals surface area contributed by atoms with E-state index in [0.29, 0.717) is 17.2 Å². The molecule has 10 heteroatoms. The molecule has 1 aliphatic carbocycles. The lowest BCUT2D eigenvalue weighted by Crippen LogP contribution is -2.42. The molecular weight excluding hydrogens is 414 g/mol. The van der Waals surface area contributed by atoms with Crippen LogP contribution in [-0.4, -0.2) is 35.9 Å². The molecule has 0 atom stereocenters. The summed E-state index contributed by atoms with van der Waals surface area (Å²) >= 11 is 0. The van der Waals surface area contributed by atoms with E-state index in [1.807, 2.05) is 19.1 Å². The average molecular weight is 439 g/mol. The maximum absolute atomic E-state index is 12.0. The summed E-state index contributed by atoms with van der Waals surface area (Å²) in [6.07, 6.45) is 5.08. The quantitative estimate of drug-likeness (QED) is 0.305. The van der Waals surface area contributed by atoms with E-state index in [-0.39, 0.29) is 12.6 Å². The molecule has 2 aromatic rings. The van der Waals surface area contributed by atoms with Gasteiger partial charge in [0.1, 0.15) is 11.5 Å². The maximum atomic E-state index is 12.0. The first-order chi connectivity index (χ1) is 15.4. The van der Waals surface area contributed by atoms with Crippen molar-refractivity contribution in [3.63, 3.8) is 0 Å². The van der Waals surface area contributed by atoms with E-state index in [1.165, 1.54) is 6.21 Å². The number of nitrogens with zero attached hydrogens (tertiary/aromatic N) is 1. The predicted octanol–water partition coefficient (Wildman–Crippen LogP) is 1.35. The Morgan fingerprint density at radius 2 is 1.69 bits per heavy atom. The number of hydrogen-bond donors (Lipinski definition) is 4. The number of hydrogen-bond acceptors (Lipinski definition) is 6. The lowest BCUT2D eigenvalue weighted by Gasteiger charge is -2.09. The van der Waals surface area contributed by atoms with Crippen LogP contribution in [0.4, 0.5) is 5.69 Å². The summed E-state index contributed by atoms with van der Waals surface area (Å²) in [6.45, 7) is 1.91. The molecule has 1 aromatic carbocycles. The maximum Gasteiger partial charge on any atom is 0.329 e. The molecule has 0 bridgehead atoms. The molecule has 1 aromatic heterocycles. The summed E-state index contributed by atoms with van der Waals surface area (Å²) in [6, 6.07) is 10.3. The number of amides is 4. The predicted molar refractivity (Wildman–Crippen MR) is 116 cm³/mol. The van der Waals surface area contributed by atoms with Crippen molar-refractivity contribution in [2.24, 2.45) is 5.10 Å². The van der Waals surface area contributed by atoms with Crippen LogP contribution in [0, 0.1) is 6.92 Å². The molecular formula is C22H25N5O5. The van der Waals surface area contributed by atoms with E-state index >= 15 is 0 Å². The summed E-state index contributed by atoms with van der Waals surface area (Å²) in [5.74, 6) is -2.49. The van der Waals surface area contributed by atoms with Crippen molar-refractivity contribution in [2.45, 2.75) is 45.2 Å². The van der Waals surface area contributed by atoms with Gasteiger partial charge in [-0.2, -0.15) is 5.10 Å². The topological polar surface area (TPSA) is 142 Å². The fourth-order valence-electron chi connectivity index (χ4n) is 3.16. The van der Waals surface area contributed by atoms with Gasteiger partial charge in [-0.1, -0.05) is 30.5 Å². The molecule has 0 aliphatic heterocycles. The van der Waals surface area contributed by atoms with Crippen LogP contribution >= 0.6 is 0 Å². The van der Waals surface area contributed by atoms with Crippen molar-refractivity contribution in [3.8, 4) is 0 Å². The van der Waals surface area contributed by atoms with Gasteiger partial charge in [-0.15, -0.1) is 0 Å². The normalized spacial score (nSPS) is 13.7. The molecule has 4 amide bonds. The van der Waals surface area contributed by atoms with Gasteiger partial charge in [0, 0.05) is 11.7 Å². The van der Waals surface area contributed by atoms with Crippen LogP contribution in [0.2, 0.25) is 0 Å². The number of hydrazone groups is 1. The second-order valence-corrected chi connectivity index (χ2v) is 7.46. The highest BCUT2D eigenvalue weighted by Gasteiger charge is 2.21. The Hall–Kier alpha value is -3.95. The van der Waals surface area contributed by atoms with E-state index in [4.69, 9.17) is 4.42 Å². The number of furan rings is 1. The molecule has 1 fully saturated rings. The Kier molecular flexibility index (Phi) is 7.74. The molecule has 0 spiro atoms. The van der Waals surface area contributed by atoms with E-state index in [2.05, 4.69) is 26.5 Å². The Morgan fingerprint density at radius 1 is 0.969 bits per heavy atom. The number of nitrogens with one attached hydrogen (secondary N) is 4. The summed E-state index contributed by atoms with van der Waals surface area (Å²) in [4.78, 5) is 47.4. The zero-order valence-corrected chi connectivity index (χ0v) is 17.6. The van der Waals surface area contributed by atoms with E-state index < -0.39 is 23.6 Å². The first kappa shape index (κ1) is 22.7. The van der Waals surface area contributed by atoms with Crippen LogP contribution in [0.1, 0.15) is 42.8 Å². The Balaban J connectivity index is 1.40. The molecule has 168 valence electrons. The fraction of sp³-hybridized carbons (Fsp3) is 0.318. The van der Waals surface area contributed by atoms with Gasteiger partial charge in [-0.25, -0.2) is 5.43 Å². The second kappa shape index (κ2) is 10.9. The van der Waals surface area contributed by atoms with Crippen molar-refractivity contribution >= 4 is 35.5 Å². The molecule has 1 heterocycles. The zero-order chi connectivity index (χ0) is 22.9. The first-order valence-corrected chi connectivity index (χ1v) is 10.3. The van der Waals surface area contributed by atoms with Crippen molar-refractivity contribution in [1.29, 1.82) is 0 Å². The van der Waals surface area contributed by atoms with Crippen LogP contribution in [0.3, 0.4) is 0 Å². The van der Waals surface area contributed by atoms with Gasteiger partial charge in [0.25, 0.3) is 0 Å². The van der Waals surface area contributed by atoms with Gasteiger partial charge in [-0.05, 0) is 44.0 Å². The minimum Gasteiger partial charge on any atom is -0.458 e. The minimum atomic E-state index is -0.855. The molecule has 3 rings (SSSR count). The van der Waals surface area contributed by atoms with Gasteiger partial charge in [-0.3, -0.25) is 19.2 Å². The Labute approximate surface area is 184 Å². The van der Waals surface area contributed by atoms with Crippen molar-refractivity contribution in [2.75, 3.05) is 5.32 Å². The summed E-state index contributed by atoms with van der Waals surface area (Å²) in [5, 5.41) is 11.3. The molecule has 4 N–H and O–H groups in total. The third kappa shape index (κ3) is 6.79. The molecule has 32 heavy (non-hydrogen) atoms. The van der Waals surface area contributed by atoms with Gasteiger partial charge < -0.3 is 20.4 Å². The first-order valence-electron chi connectivity index (χ1n) is 10.3. The van der Waals surface area contributed by atoms with Gasteiger partial charge in [0.05, 0.1) is 12.8 Å². The average Bonchev–Trinajstić information content (AvgIpc) is 3.45. The van der Waals surface area contributed by atoms with Crippen LogP contribution in [0.25, 0.3) is 0 Å². The SMILES string of the molecule is Cc1ccc(NC(=O)C(=O)NCc2ccc(/C=N/NC(=O)C(=O)NC3CCCC3)o2)cc1. The molecule has 0 saturated heterocycles. The number of carbonyl (C=O) groups is 4. The monoisotopic (exact) mass is 439 g/mol. The highest BCUT2D eigenvalue weighted by molar-refractivity contribution is 6.39.